The van der Waals surface area contributed by atoms with Gasteiger partial charge < -0.3 is 10.2 Å². The Morgan fingerprint density at radius 3 is 2.62 bits per heavy atom. The molecule has 0 spiro atoms. The number of nitrogens with zero attached hydrogens (tertiary/aromatic N) is 1. The molecular formula is C14H23N5O2+2. The van der Waals surface area contributed by atoms with E-state index >= 15 is 0 Å². The van der Waals surface area contributed by atoms with Crippen molar-refractivity contribution in [2.24, 2.45) is 0 Å². The van der Waals surface area contributed by atoms with Gasteiger partial charge in [0.2, 0.25) is 0 Å². The number of hydrogen-bond donors (Lipinski definition) is 3. The van der Waals surface area contributed by atoms with E-state index in [0.29, 0.717) is 0 Å². The van der Waals surface area contributed by atoms with Gasteiger partial charge in [-0.05, 0) is 13.0 Å². The van der Waals surface area contributed by atoms with Gasteiger partial charge in [0, 0.05) is 13.1 Å². The van der Waals surface area contributed by atoms with Gasteiger partial charge in [-0.1, -0.05) is 6.07 Å². The molecule has 1 saturated heterocycles. The smallest absolute Gasteiger partial charge is 0.321 e. The minimum absolute atomic E-state index is 0.232. The van der Waals surface area contributed by atoms with Crippen LogP contribution in [-0.2, 0) is 4.79 Å². The number of imide groups is 1. The molecule has 0 radical (unpaired) electrons. The zero-order valence-electron chi connectivity index (χ0n) is 12.5. The SMILES string of the molecule is CNC(=O)NC(=O)[C@@H](C)[NH+]1CCN(c2cccc[nH+]2)CC1. The number of rotatable bonds is 3. The first-order chi connectivity index (χ1) is 10.1. The van der Waals surface area contributed by atoms with Crippen LogP contribution in [0.4, 0.5) is 10.6 Å². The Hall–Kier alpha value is -2.15. The molecule has 114 valence electrons. The van der Waals surface area contributed by atoms with Crippen LogP contribution in [0.1, 0.15) is 6.92 Å². The Balaban J connectivity index is 1.86. The maximum Gasteiger partial charge on any atom is 0.321 e. The van der Waals surface area contributed by atoms with Crippen LogP contribution in [0, 0.1) is 0 Å². The summed E-state index contributed by atoms with van der Waals surface area (Å²) in [6, 6.07) is 5.32. The number of quaternary nitrogens is 1. The maximum absolute atomic E-state index is 12.0. The second-order valence-electron chi connectivity index (χ2n) is 5.18. The number of carbonyl (C=O) groups is 2. The molecule has 1 aliphatic heterocycles. The number of pyridine rings is 1. The molecule has 0 aliphatic carbocycles. The van der Waals surface area contributed by atoms with Crippen molar-refractivity contribution in [3.8, 4) is 0 Å². The summed E-state index contributed by atoms with van der Waals surface area (Å²) < 4.78 is 0. The predicted molar refractivity (Wildman–Crippen MR) is 78.0 cm³/mol. The molecule has 0 bridgehead atoms. The van der Waals surface area contributed by atoms with Gasteiger partial charge in [-0.15, -0.1) is 0 Å². The van der Waals surface area contributed by atoms with Gasteiger partial charge in [0.05, 0.1) is 6.20 Å². The lowest BCUT2D eigenvalue weighted by Crippen LogP contribution is -3.19. The molecule has 1 aromatic heterocycles. The average Bonchev–Trinajstić information content (AvgIpc) is 2.55. The molecule has 1 aliphatic rings. The molecule has 1 fully saturated rings. The van der Waals surface area contributed by atoms with Crippen molar-refractivity contribution in [1.29, 1.82) is 0 Å². The topological polar surface area (TPSA) is 80.0 Å². The number of nitrogens with one attached hydrogen (secondary N) is 4. The Kier molecular flexibility index (Phi) is 5.10. The number of hydrogen-bond acceptors (Lipinski definition) is 3. The fourth-order valence-corrected chi connectivity index (χ4v) is 2.52. The van der Waals surface area contributed by atoms with E-state index in [9.17, 15) is 9.59 Å². The molecule has 2 heterocycles. The molecule has 0 saturated carbocycles. The summed E-state index contributed by atoms with van der Waals surface area (Å²) in [7, 11) is 1.50. The highest BCUT2D eigenvalue weighted by molar-refractivity contribution is 5.96. The van der Waals surface area contributed by atoms with Crippen molar-refractivity contribution in [3.05, 3.63) is 24.4 Å². The van der Waals surface area contributed by atoms with E-state index in [-0.39, 0.29) is 11.9 Å². The molecule has 3 amide bonds. The van der Waals surface area contributed by atoms with E-state index in [4.69, 9.17) is 0 Å². The fraction of sp³-hybridized carbons (Fsp3) is 0.500. The largest absolute Gasteiger partial charge is 0.341 e. The van der Waals surface area contributed by atoms with Gasteiger partial charge in [-0.2, -0.15) is 0 Å². The van der Waals surface area contributed by atoms with Crippen LogP contribution in [0.5, 0.6) is 0 Å². The van der Waals surface area contributed by atoms with Crippen molar-refractivity contribution in [2.45, 2.75) is 13.0 Å². The van der Waals surface area contributed by atoms with E-state index in [1.165, 1.54) is 11.9 Å². The first-order valence-electron chi connectivity index (χ1n) is 7.20. The van der Waals surface area contributed by atoms with Crippen molar-refractivity contribution >= 4 is 17.8 Å². The molecule has 1 aromatic rings. The first kappa shape index (κ1) is 15.2. The molecular weight excluding hydrogens is 270 g/mol. The van der Waals surface area contributed by atoms with Crippen LogP contribution >= 0.6 is 0 Å². The van der Waals surface area contributed by atoms with E-state index in [0.717, 1.165) is 32.0 Å². The summed E-state index contributed by atoms with van der Waals surface area (Å²) in [4.78, 5) is 29.8. The Bertz CT molecular complexity index is 485. The van der Waals surface area contributed by atoms with Crippen LogP contribution in [0.15, 0.2) is 24.4 Å². The highest BCUT2D eigenvalue weighted by Crippen LogP contribution is 2.04. The van der Waals surface area contributed by atoms with Crippen LogP contribution in [0.3, 0.4) is 0 Å². The van der Waals surface area contributed by atoms with Gasteiger partial charge >= 0.3 is 6.03 Å². The van der Waals surface area contributed by atoms with E-state index in [2.05, 4.69) is 20.5 Å². The zero-order chi connectivity index (χ0) is 15.2. The Morgan fingerprint density at radius 2 is 2.05 bits per heavy atom. The highest BCUT2D eigenvalue weighted by atomic mass is 16.2. The molecule has 21 heavy (non-hydrogen) atoms. The van der Waals surface area contributed by atoms with E-state index in [1.807, 2.05) is 31.3 Å². The predicted octanol–water partition coefficient (Wildman–Crippen LogP) is -1.95. The van der Waals surface area contributed by atoms with Crippen molar-refractivity contribution in [1.82, 2.24) is 10.6 Å². The summed E-state index contributed by atoms with van der Waals surface area (Å²) in [6.45, 7) is 5.36. The van der Waals surface area contributed by atoms with Crippen LogP contribution < -0.4 is 25.4 Å². The summed E-state index contributed by atoms with van der Waals surface area (Å²) in [5.41, 5.74) is 0. The normalized spacial score (nSPS) is 17.1. The van der Waals surface area contributed by atoms with Gasteiger partial charge in [0.1, 0.15) is 26.2 Å². The average molecular weight is 293 g/mol. The van der Waals surface area contributed by atoms with Crippen LogP contribution in [0.2, 0.25) is 0 Å². The van der Waals surface area contributed by atoms with Crippen LogP contribution in [0.25, 0.3) is 0 Å². The number of piperazine rings is 1. The number of amides is 3. The van der Waals surface area contributed by atoms with Gasteiger partial charge in [0.15, 0.2) is 6.04 Å². The minimum atomic E-state index is -0.455. The lowest BCUT2D eigenvalue weighted by molar-refractivity contribution is -0.914. The number of carbonyl (C=O) groups excluding carboxylic acids is 2. The number of aromatic nitrogens is 1. The third-order valence-electron chi connectivity index (χ3n) is 3.91. The molecule has 0 unspecified atom stereocenters. The lowest BCUT2D eigenvalue weighted by atomic mass is 10.2. The first-order valence-corrected chi connectivity index (χ1v) is 7.20. The summed E-state index contributed by atoms with van der Waals surface area (Å²) in [5.74, 6) is 0.864. The second-order valence-corrected chi connectivity index (χ2v) is 5.18. The lowest BCUT2D eigenvalue weighted by Gasteiger charge is -2.31. The number of anilines is 1. The van der Waals surface area contributed by atoms with Gasteiger partial charge in [0.25, 0.3) is 11.7 Å². The van der Waals surface area contributed by atoms with E-state index in [1.54, 1.807) is 0 Å². The fourth-order valence-electron chi connectivity index (χ4n) is 2.52. The number of aromatic amines is 1. The second kappa shape index (κ2) is 7.03. The molecule has 1 atom stereocenters. The molecule has 0 aromatic carbocycles. The highest BCUT2D eigenvalue weighted by Gasteiger charge is 2.32. The monoisotopic (exact) mass is 293 g/mol. The molecule has 4 N–H and O–H groups in total. The van der Waals surface area contributed by atoms with Crippen molar-refractivity contribution in [2.75, 3.05) is 38.1 Å². The minimum Gasteiger partial charge on any atom is -0.341 e. The Labute approximate surface area is 124 Å². The number of H-pyrrole nitrogens is 1. The quantitative estimate of drug-likeness (QED) is 0.606. The van der Waals surface area contributed by atoms with E-state index < -0.39 is 6.03 Å². The standard InChI is InChI=1S/C14H21N5O2/c1-11(13(20)17-14(21)15-2)18-7-9-19(10-8-18)12-5-3-4-6-16-12/h3-6,11H,7-10H2,1-2H3,(H2,15,17,20,21)/p+2/t11-/m1/s1. The molecule has 2 rings (SSSR count). The number of urea groups is 1. The zero-order valence-corrected chi connectivity index (χ0v) is 12.5. The van der Waals surface area contributed by atoms with Crippen LogP contribution in [-0.4, -0.2) is 51.2 Å². The van der Waals surface area contributed by atoms with Crippen molar-refractivity contribution < 1.29 is 19.5 Å². The summed E-state index contributed by atoms with van der Waals surface area (Å²) in [5, 5.41) is 4.73. The molecule has 7 nitrogen and oxygen atoms in total. The summed E-state index contributed by atoms with van der Waals surface area (Å²) >= 11 is 0. The Morgan fingerprint density at radius 1 is 1.33 bits per heavy atom. The van der Waals surface area contributed by atoms with Crippen molar-refractivity contribution in [3.63, 3.8) is 0 Å². The third-order valence-corrected chi connectivity index (χ3v) is 3.91. The maximum atomic E-state index is 12.0. The summed E-state index contributed by atoms with van der Waals surface area (Å²) in [6.07, 6.45) is 1.91. The van der Waals surface area contributed by atoms with Gasteiger partial charge in [-0.25, -0.2) is 9.78 Å². The molecule has 7 heteroatoms. The third kappa shape index (κ3) is 3.91. The van der Waals surface area contributed by atoms with Gasteiger partial charge in [-0.3, -0.25) is 15.0 Å².